The number of nitrogens with zero attached hydrogens (tertiary/aromatic N) is 4. The fraction of sp³-hybridized carbons (Fsp3) is 0.375. The molecule has 0 atom stereocenters. The van der Waals surface area contributed by atoms with Gasteiger partial charge in [0, 0.05) is 38.9 Å². The zero-order valence-electron chi connectivity index (χ0n) is 12.8. The first-order valence-corrected chi connectivity index (χ1v) is 7.54. The van der Waals surface area contributed by atoms with E-state index in [0.29, 0.717) is 32.7 Å². The van der Waals surface area contributed by atoms with E-state index in [1.54, 1.807) is 17.0 Å². The number of benzene rings is 1. The average molecular weight is 340 g/mol. The van der Waals surface area contributed by atoms with Gasteiger partial charge >= 0.3 is 6.18 Å². The van der Waals surface area contributed by atoms with Gasteiger partial charge in [0.25, 0.3) is 0 Å². The number of rotatable bonds is 3. The molecular weight excluding hydrogens is 324 g/mol. The van der Waals surface area contributed by atoms with Crippen molar-refractivity contribution in [3.8, 4) is 0 Å². The molecular formula is C16H16F4N4. The highest BCUT2D eigenvalue weighted by atomic mass is 19.4. The monoisotopic (exact) mass is 340 g/mol. The summed E-state index contributed by atoms with van der Waals surface area (Å²) in [6.07, 6.45) is -3.34. The molecule has 1 saturated heterocycles. The van der Waals surface area contributed by atoms with Crippen LogP contribution >= 0.6 is 0 Å². The Kier molecular flexibility index (Phi) is 4.66. The van der Waals surface area contributed by atoms with Gasteiger partial charge in [0.2, 0.25) is 5.95 Å². The van der Waals surface area contributed by atoms with E-state index < -0.39 is 11.9 Å². The molecule has 3 rings (SSSR count). The van der Waals surface area contributed by atoms with Crippen molar-refractivity contribution >= 4 is 5.95 Å². The summed E-state index contributed by atoms with van der Waals surface area (Å²) in [5.41, 5.74) is 0.0708. The lowest BCUT2D eigenvalue weighted by Gasteiger charge is -2.34. The molecule has 0 radical (unpaired) electrons. The van der Waals surface area contributed by atoms with E-state index >= 15 is 0 Å². The van der Waals surface area contributed by atoms with Crippen LogP contribution in [0.1, 0.15) is 11.3 Å². The third-order valence-corrected chi connectivity index (χ3v) is 3.91. The first-order chi connectivity index (χ1) is 11.4. The largest absolute Gasteiger partial charge is 0.433 e. The van der Waals surface area contributed by atoms with Crippen LogP contribution in [0, 0.1) is 5.82 Å². The van der Waals surface area contributed by atoms with Crippen LogP contribution in [0.4, 0.5) is 23.5 Å². The van der Waals surface area contributed by atoms with E-state index in [1.165, 1.54) is 12.1 Å². The van der Waals surface area contributed by atoms with E-state index in [4.69, 9.17) is 0 Å². The first kappa shape index (κ1) is 16.6. The molecule has 1 aromatic heterocycles. The van der Waals surface area contributed by atoms with Gasteiger partial charge < -0.3 is 4.90 Å². The molecule has 1 aliphatic heterocycles. The van der Waals surface area contributed by atoms with Crippen LogP contribution in [0.2, 0.25) is 0 Å². The van der Waals surface area contributed by atoms with Gasteiger partial charge in [-0.05, 0) is 23.8 Å². The van der Waals surface area contributed by atoms with Crippen LogP contribution in [0.25, 0.3) is 0 Å². The highest BCUT2D eigenvalue weighted by Gasteiger charge is 2.33. The minimum Gasteiger partial charge on any atom is -0.338 e. The molecule has 0 saturated carbocycles. The fourth-order valence-corrected chi connectivity index (χ4v) is 2.61. The van der Waals surface area contributed by atoms with E-state index in [1.807, 2.05) is 0 Å². The van der Waals surface area contributed by atoms with Crippen LogP contribution in [-0.4, -0.2) is 41.0 Å². The number of anilines is 1. The van der Waals surface area contributed by atoms with Crippen molar-refractivity contribution in [3.05, 3.63) is 53.6 Å². The maximum Gasteiger partial charge on any atom is 0.433 e. The van der Waals surface area contributed by atoms with Crippen LogP contribution in [0.5, 0.6) is 0 Å². The molecule has 1 aromatic carbocycles. The van der Waals surface area contributed by atoms with E-state index in [2.05, 4.69) is 14.9 Å². The highest BCUT2D eigenvalue weighted by Crippen LogP contribution is 2.28. The molecule has 0 bridgehead atoms. The number of hydrogen-bond acceptors (Lipinski definition) is 4. The van der Waals surface area contributed by atoms with Crippen LogP contribution in [0.3, 0.4) is 0 Å². The average Bonchev–Trinajstić information content (AvgIpc) is 2.57. The van der Waals surface area contributed by atoms with Crippen molar-refractivity contribution < 1.29 is 17.6 Å². The zero-order valence-corrected chi connectivity index (χ0v) is 12.8. The number of alkyl halides is 3. The molecule has 0 spiro atoms. The molecule has 2 heterocycles. The minimum absolute atomic E-state index is 0.103. The Bertz CT molecular complexity index is 679. The van der Waals surface area contributed by atoms with Crippen molar-refractivity contribution in [1.29, 1.82) is 0 Å². The zero-order chi connectivity index (χ0) is 17.2. The quantitative estimate of drug-likeness (QED) is 0.804. The molecule has 4 nitrogen and oxygen atoms in total. The minimum atomic E-state index is -4.47. The lowest BCUT2D eigenvalue weighted by molar-refractivity contribution is -0.141. The molecule has 8 heteroatoms. The third-order valence-electron chi connectivity index (χ3n) is 3.91. The molecule has 128 valence electrons. The molecule has 24 heavy (non-hydrogen) atoms. The van der Waals surface area contributed by atoms with E-state index in [0.717, 1.165) is 17.8 Å². The van der Waals surface area contributed by atoms with Crippen molar-refractivity contribution in [2.45, 2.75) is 12.7 Å². The molecule has 2 aromatic rings. The lowest BCUT2D eigenvalue weighted by Crippen LogP contribution is -2.46. The predicted molar refractivity (Wildman–Crippen MR) is 80.9 cm³/mol. The molecule has 0 aliphatic carbocycles. The number of halogens is 4. The Morgan fingerprint density at radius 2 is 1.62 bits per heavy atom. The molecule has 0 amide bonds. The fourth-order valence-electron chi connectivity index (χ4n) is 2.61. The lowest BCUT2D eigenvalue weighted by atomic mass is 10.2. The third kappa shape index (κ3) is 4.00. The second-order valence-electron chi connectivity index (χ2n) is 5.63. The van der Waals surface area contributed by atoms with E-state index in [9.17, 15) is 17.6 Å². The second-order valence-corrected chi connectivity index (χ2v) is 5.63. The van der Waals surface area contributed by atoms with Crippen molar-refractivity contribution in [2.24, 2.45) is 0 Å². The molecule has 0 unspecified atom stereocenters. The molecule has 0 N–H and O–H groups in total. The number of aromatic nitrogens is 2. The van der Waals surface area contributed by atoms with Gasteiger partial charge in [-0.2, -0.15) is 13.2 Å². The Balaban J connectivity index is 1.60. The summed E-state index contributed by atoms with van der Waals surface area (Å²) < 4.78 is 51.1. The number of hydrogen-bond donors (Lipinski definition) is 0. The standard InChI is InChI=1S/C16H16F4N4/c17-13-3-1-12(2-4-13)11-23-7-9-24(10-8-23)15-21-6-5-14(22-15)16(18,19)20/h1-6H,7-11H2. The summed E-state index contributed by atoms with van der Waals surface area (Å²) in [6.45, 7) is 3.12. The summed E-state index contributed by atoms with van der Waals surface area (Å²) in [5, 5.41) is 0. The van der Waals surface area contributed by atoms with Gasteiger partial charge in [-0.3, -0.25) is 4.90 Å². The highest BCUT2D eigenvalue weighted by molar-refractivity contribution is 5.31. The summed E-state index contributed by atoms with van der Waals surface area (Å²) in [6, 6.07) is 7.17. The maximum absolute atomic E-state index is 12.9. The Morgan fingerprint density at radius 3 is 2.25 bits per heavy atom. The molecule has 1 fully saturated rings. The Labute approximate surface area is 136 Å². The summed E-state index contributed by atoms with van der Waals surface area (Å²) >= 11 is 0. The van der Waals surface area contributed by atoms with Gasteiger partial charge in [-0.25, -0.2) is 14.4 Å². The van der Waals surface area contributed by atoms with Crippen molar-refractivity contribution in [2.75, 3.05) is 31.1 Å². The van der Waals surface area contributed by atoms with Crippen molar-refractivity contribution in [1.82, 2.24) is 14.9 Å². The molecule has 1 aliphatic rings. The normalized spacial score (nSPS) is 16.4. The topological polar surface area (TPSA) is 32.3 Å². The van der Waals surface area contributed by atoms with Gasteiger partial charge in [0.15, 0.2) is 0 Å². The summed E-state index contributed by atoms with van der Waals surface area (Å²) in [4.78, 5) is 11.5. The van der Waals surface area contributed by atoms with Crippen LogP contribution in [0.15, 0.2) is 36.5 Å². The smallest absolute Gasteiger partial charge is 0.338 e. The van der Waals surface area contributed by atoms with Gasteiger partial charge in [-0.1, -0.05) is 12.1 Å². The van der Waals surface area contributed by atoms with Gasteiger partial charge in [0.05, 0.1) is 0 Å². The van der Waals surface area contributed by atoms with Crippen LogP contribution in [-0.2, 0) is 12.7 Å². The van der Waals surface area contributed by atoms with Gasteiger partial charge in [-0.15, -0.1) is 0 Å². The Morgan fingerprint density at radius 1 is 0.958 bits per heavy atom. The number of piperazine rings is 1. The summed E-state index contributed by atoms with van der Waals surface area (Å²) in [7, 11) is 0. The second kappa shape index (κ2) is 6.72. The predicted octanol–water partition coefficient (Wildman–Crippen LogP) is 2.96. The maximum atomic E-state index is 12.9. The SMILES string of the molecule is Fc1ccc(CN2CCN(c3nccc(C(F)(F)F)n3)CC2)cc1. The first-order valence-electron chi connectivity index (χ1n) is 7.54. The Hall–Kier alpha value is -2.22. The van der Waals surface area contributed by atoms with Gasteiger partial charge in [0.1, 0.15) is 11.5 Å². The summed E-state index contributed by atoms with van der Waals surface area (Å²) in [5.74, 6) is -0.170. The van der Waals surface area contributed by atoms with Crippen molar-refractivity contribution in [3.63, 3.8) is 0 Å². The van der Waals surface area contributed by atoms with E-state index in [-0.39, 0.29) is 11.8 Å². The van der Waals surface area contributed by atoms with Crippen LogP contribution < -0.4 is 4.90 Å².